The van der Waals surface area contributed by atoms with Crippen LogP contribution < -0.4 is 9.47 Å². The van der Waals surface area contributed by atoms with Crippen molar-refractivity contribution in [3.63, 3.8) is 0 Å². The van der Waals surface area contributed by atoms with Crippen LogP contribution >= 0.6 is 0 Å². The van der Waals surface area contributed by atoms with Gasteiger partial charge < -0.3 is 9.47 Å². The molecule has 0 saturated heterocycles. The average Bonchev–Trinajstić information content (AvgIpc) is 3.25. The van der Waals surface area contributed by atoms with Crippen LogP contribution in [0.1, 0.15) is 15.9 Å². The van der Waals surface area contributed by atoms with Crippen LogP contribution in [0, 0.1) is 0 Å². The summed E-state index contributed by atoms with van der Waals surface area (Å²) in [5.74, 6) is 1.43. The Hall–Kier alpha value is -4.64. The van der Waals surface area contributed by atoms with Gasteiger partial charge in [0, 0.05) is 21.9 Å². The highest BCUT2D eigenvalue weighted by atomic mass is 16.5. The molecule has 2 heterocycles. The van der Waals surface area contributed by atoms with Gasteiger partial charge in [-0.1, -0.05) is 48.5 Å². The lowest BCUT2D eigenvalue weighted by molar-refractivity contribution is 0.104. The van der Waals surface area contributed by atoms with Crippen LogP contribution in [0.25, 0.3) is 38.4 Å². The number of hydrogen-bond donors (Lipinski definition) is 0. The second-order valence-corrected chi connectivity index (χ2v) is 8.33. The highest BCUT2D eigenvalue weighted by Gasteiger charge is 2.25. The van der Waals surface area contributed by atoms with Gasteiger partial charge in [0.05, 0.1) is 36.3 Å². The molecule has 0 bridgehead atoms. The van der Waals surface area contributed by atoms with Gasteiger partial charge in [0.15, 0.2) is 5.78 Å². The highest BCUT2D eigenvalue weighted by molar-refractivity contribution is 6.24. The predicted molar refractivity (Wildman–Crippen MR) is 139 cm³/mol. The van der Waals surface area contributed by atoms with E-state index >= 15 is 0 Å². The minimum absolute atomic E-state index is 0.0572. The molecule has 170 valence electrons. The van der Waals surface area contributed by atoms with Crippen LogP contribution in [-0.2, 0) is 0 Å². The first kappa shape index (κ1) is 20.9. The van der Waals surface area contributed by atoms with Crippen molar-refractivity contribution in [3.8, 4) is 22.6 Å². The van der Waals surface area contributed by atoms with Gasteiger partial charge in [-0.15, -0.1) is 0 Å². The summed E-state index contributed by atoms with van der Waals surface area (Å²) < 4.78 is 12.6. The van der Waals surface area contributed by atoms with Crippen molar-refractivity contribution < 1.29 is 14.3 Å². The number of methoxy groups -OCH3 is 2. The quantitative estimate of drug-likeness (QED) is 0.275. The Morgan fingerprint density at radius 2 is 1.31 bits per heavy atom. The van der Waals surface area contributed by atoms with Gasteiger partial charge in [-0.25, -0.2) is 4.52 Å². The summed E-state index contributed by atoms with van der Waals surface area (Å²) in [7, 11) is 3.27. The third-order valence-electron chi connectivity index (χ3n) is 6.43. The van der Waals surface area contributed by atoms with Crippen molar-refractivity contribution in [3.05, 3.63) is 108 Å². The molecule has 35 heavy (non-hydrogen) atoms. The molecule has 0 atom stereocenters. The van der Waals surface area contributed by atoms with E-state index in [0.717, 1.165) is 44.2 Å². The van der Waals surface area contributed by atoms with Crippen LogP contribution in [0.5, 0.6) is 11.5 Å². The third kappa shape index (κ3) is 3.32. The van der Waals surface area contributed by atoms with E-state index in [-0.39, 0.29) is 5.78 Å². The Balaban J connectivity index is 1.75. The van der Waals surface area contributed by atoms with E-state index in [1.165, 1.54) is 0 Å². The maximum atomic E-state index is 14.1. The largest absolute Gasteiger partial charge is 0.497 e. The highest BCUT2D eigenvalue weighted by Crippen LogP contribution is 2.39. The second kappa shape index (κ2) is 8.29. The van der Waals surface area contributed by atoms with E-state index in [9.17, 15) is 4.79 Å². The topological polar surface area (TPSA) is 52.8 Å². The molecular weight excluding hydrogens is 436 g/mol. The summed E-state index contributed by atoms with van der Waals surface area (Å²) in [6, 6.07) is 31.1. The maximum absolute atomic E-state index is 14.1. The number of ketones is 1. The number of rotatable bonds is 5. The Kier molecular flexibility index (Phi) is 4.96. The summed E-state index contributed by atoms with van der Waals surface area (Å²) in [5, 5.41) is 6.82. The van der Waals surface area contributed by atoms with Gasteiger partial charge in [-0.05, 0) is 54.1 Å². The molecule has 0 saturated carbocycles. The summed E-state index contributed by atoms with van der Waals surface area (Å²) in [4.78, 5) is 14.1. The van der Waals surface area contributed by atoms with E-state index in [2.05, 4.69) is 6.07 Å². The molecule has 0 unspecified atom stereocenters. The molecule has 0 aliphatic carbocycles. The fourth-order valence-electron chi connectivity index (χ4n) is 4.73. The second-order valence-electron chi connectivity index (χ2n) is 8.33. The number of carbonyl (C=O) groups is 1. The molecule has 0 radical (unpaired) electrons. The van der Waals surface area contributed by atoms with E-state index in [0.29, 0.717) is 16.9 Å². The van der Waals surface area contributed by atoms with Gasteiger partial charge in [-0.3, -0.25) is 4.79 Å². The first-order chi connectivity index (χ1) is 17.2. The van der Waals surface area contributed by atoms with Crippen LogP contribution in [0.2, 0.25) is 0 Å². The molecule has 0 aliphatic heterocycles. The minimum Gasteiger partial charge on any atom is -0.497 e. The summed E-state index contributed by atoms with van der Waals surface area (Å²) in [6.45, 7) is 0. The Bertz CT molecular complexity index is 1720. The van der Waals surface area contributed by atoms with Crippen LogP contribution in [0.4, 0.5) is 0 Å². The molecule has 4 aromatic carbocycles. The van der Waals surface area contributed by atoms with E-state index in [1.54, 1.807) is 26.4 Å². The normalized spacial score (nSPS) is 11.3. The van der Waals surface area contributed by atoms with Crippen LogP contribution in [0.3, 0.4) is 0 Å². The summed E-state index contributed by atoms with van der Waals surface area (Å²) >= 11 is 0. The number of para-hydroxylation sites is 1. The number of benzene rings is 4. The smallest absolute Gasteiger partial charge is 0.195 e. The third-order valence-corrected chi connectivity index (χ3v) is 6.43. The van der Waals surface area contributed by atoms with Crippen molar-refractivity contribution in [2.45, 2.75) is 0 Å². The van der Waals surface area contributed by atoms with Gasteiger partial charge in [-0.2, -0.15) is 5.10 Å². The first-order valence-corrected chi connectivity index (χ1v) is 11.3. The fourth-order valence-corrected chi connectivity index (χ4v) is 4.73. The first-order valence-electron chi connectivity index (χ1n) is 11.3. The Labute approximate surface area is 202 Å². The fraction of sp³-hybridized carbons (Fsp3) is 0.0667. The number of fused-ring (bicyclic) bond motifs is 4. The molecular formula is C30H22N2O3. The SMILES string of the molecule is COc1ccc(C(=O)c2c3ccccc3n3nc4ccccc4c(-c4ccc(OC)cc4)c23)cc1. The van der Waals surface area contributed by atoms with Crippen molar-refractivity contribution >= 4 is 33.1 Å². The summed E-state index contributed by atoms with van der Waals surface area (Å²) in [5.41, 5.74) is 5.71. The lowest BCUT2D eigenvalue weighted by atomic mass is 9.95. The molecule has 6 rings (SSSR count). The van der Waals surface area contributed by atoms with Crippen molar-refractivity contribution in [1.82, 2.24) is 9.61 Å². The van der Waals surface area contributed by atoms with E-state index < -0.39 is 0 Å². The monoisotopic (exact) mass is 458 g/mol. The molecule has 5 heteroatoms. The summed E-state index contributed by atoms with van der Waals surface area (Å²) in [6.07, 6.45) is 0. The Morgan fingerprint density at radius 1 is 0.714 bits per heavy atom. The number of hydrogen-bond acceptors (Lipinski definition) is 4. The molecule has 0 aliphatic rings. The number of ether oxygens (including phenoxy) is 2. The molecule has 0 N–H and O–H groups in total. The molecule has 0 fully saturated rings. The molecule has 2 aromatic heterocycles. The molecule has 0 spiro atoms. The van der Waals surface area contributed by atoms with Gasteiger partial charge >= 0.3 is 0 Å². The standard InChI is InChI=1S/C30H22N2O3/c1-34-21-15-11-19(12-16-21)27-23-7-3-5-9-25(23)31-32-26-10-6-4-8-24(26)28(29(27)32)30(33)20-13-17-22(35-2)18-14-20/h3-18H,1-2H3. The number of aromatic nitrogens is 2. The lowest BCUT2D eigenvalue weighted by Gasteiger charge is -2.12. The molecule has 6 aromatic rings. The van der Waals surface area contributed by atoms with Gasteiger partial charge in [0.2, 0.25) is 0 Å². The van der Waals surface area contributed by atoms with Crippen molar-refractivity contribution in [1.29, 1.82) is 0 Å². The van der Waals surface area contributed by atoms with Crippen molar-refractivity contribution in [2.24, 2.45) is 0 Å². The predicted octanol–water partition coefficient (Wildman–Crippen LogP) is 6.56. The van der Waals surface area contributed by atoms with Crippen LogP contribution in [-0.4, -0.2) is 29.6 Å². The Morgan fingerprint density at radius 3 is 2.00 bits per heavy atom. The number of nitrogens with zero attached hydrogens (tertiary/aromatic N) is 2. The van der Waals surface area contributed by atoms with E-state index in [4.69, 9.17) is 14.6 Å². The zero-order valence-electron chi connectivity index (χ0n) is 19.4. The maximum Gasteiger partial charge on any atom is 0.195 e. The van der Waals surface area contributed by atoms with E-state index in [1.807, 2.05) is 83.4 Å². The molecule has 0 amide bonds. The zero-order valence-corrected chi connectivity index (χ0v) is 19.4. The van der Waals surface area contributed by atoms with Crippen LogP contribution in [0.15, 0.2) is 97.1 Å². The van der Waals surface area contributed by atoms with Gasteiger partial charge in [0.1, 0.15) is 11.5 Å². The minimum atomic E-state index is -0.0572. The number of carbonyl (C=O) groups excluding carboxylic acids is 1. The lowest BCUT2D eigenvalue weighted by Crippen LogP contribution is -2.04. The zero-order chi connectivity index (χ0) is 23.9. The van der Waals surface area contributed by atoms with Crippen molar-refractivity contribution in [2.75, 3.05) is 14.2 Å². The average molecular weight is 459 g/mol. The molecule has 5 nitrogen and oxygen atoms in total. The van der Waals surface area contributed by atoms with Gasteiger partial charge in [0.25, 0.3) is 0 Å².